The summed E-state index contributed by atoms with van der Waals surface area (Å²) >= 11 is 6.42. The Morgan fingerprint density at radius 3 is 2.76 bits per heavy atom. The van der Waals surface area contributed by atoms with Gasteiger partial charge in [0.15, 0.2) is 11.4 Å². The number of halogens is 1. The highest BCUT2D eigenvalue weighted by atomic mass is 35.5. The number of ketones is 2. The standard InChI is InChI=1S/C24H23ClN4O5/c1-13-10-14(26-8-7-19-28-27-18-6-4-5-9-29(18)19)11-17(30)24(13)23(31)20-15(32-2)12-16(33-3)21(25)22(20)34-24/h4-6,9,11-13,26H,7-8,10H2,1-3H3/t13-,24+/m1/s1. The van der Waals surface area contributed by atoms with Gasteiger partial charge in [0, 0.05) is 42.9 Å². The van der Waals surface area contributed by atoms with Gasteiger partial charge < -0.3 is 19.5 Å². The molecule has 10 heteroatoms. The van der Waals surface area contributed by atoms with Gasteiger partial charge in [-0.3, -0.25) is 14.0 Å². The molecule has 0 fully saturated rings. The van der Waals surface area contributed by atoms with Gasteiger partial charge in [-0.1, -0.05) is 24.6 Å². The second kappa shape index (κ2) is 8.32. The predicted molar refractivity (Wildman–Crippen MR) is 124 cm³/mol. The van der Waals surface area contributed by atoms with Crippen molar-refractivity contribution in [2.45, 2.75) is 25.4 Å². The second-order valence-corrected chi connectivity index (χ2v) is 8.70. The van der Waals surface area contributed by atoms with E-state index in [-0.39, 0.29) is 22.1 Å². The van der Waals surface area contributed by atoms with Gasteiger partial charge in [-0.2, -0.15) is 0 Å². The summed E-state index contributed by atoms with van der Waals surface area (Å²) in [5.74, 6) is 0.172. The molecule has 3 aromatic rings. The number of ether oxygens (including phenoxy) is 3. The number of hydrogen-bond donors (Lipinski definition) is 1. The lowest BCUT2D eigenvalue weighted by Crippen LogP contribution is -2.55. The van der Waals surface area contributed by atoms with E-state index in [0.29, 0.717) is 25.1 Å². The normalized spacial score (nSPS) is 21.4. The minimum absolute atomic E-state index is 0.117. The van der Waals surface area contributed by atoms with Gasteiger partial charge in [-0.25, -0.2) is 0 Å². The van der Waals surface area contributed by atoms with E-state index in [4.69, 9.17) is 25.8 Å². The van der Waals surface area contributed by atoms with Crippen LogP contribution >= 0.6 is 11.6 Å². The Morgan fingerprint density at radius 1 is 1.24 bits per heavy atom. The average Bonchev–Trinajstić information content (AvgIpc) is 3.38. The smallest absolute Gasteiger partial charge is 0.236 e. The van der Waals surface area contributed by atoms with Crippen LogP contribution in [0.2, 0.25) is 5.02 Å². The van der Waals surface area contributed by atoms with Crippen LogP contribution in [0, 0.1) is 5.92 Å². The Balaban J connectivity index is 1.37. The Morgan fingerprint density at radius 2 is 2.03 bits per heavy atom. The quantitative estimate of drug-likeness (QED) is 0.535. The number of methoxy groups -OCH3 is 2. The van der Waals surface area contributed by atoms with Crippen molar-refractivity contribution in [3.63, 3.8) is 0 Å². The molecule has 1 aliphatic heterocycles. The zero-order valence-electron chi connectivity index (χ0n) is 18.9. The van der Waals surface area contributed by atoms with Crippen molar-refractivity contribution >= 4 is 28.8 Å². The number of rotatable bonds is 6. The molecule has 0 saturated carbocycles. The third-order valence-corrected chi connectivity index (χ3v) is 6.75. The minimum atomic E-state index is -1.68. The van der Waals surface area contributed by atoms with Gasteiger partial charge in [0.25, 0.3) is 0 Å². The molecule has 3 heterocycles. The minimum Gasteiger partial charge on any atom is -0.496 e. The second-order valence-electron chi connectivity index (χ2n) is 8.33. The summed E-state index contributed by atoms with van der Waals surface area (Å²) < 4.78 is 18.6. The highest BCUT2D eigenvalue weighted by Gasteiger charge is 2.60. The molecule has 1 aliphatic carbocycles. The number of nitrogens with zero attached hydrogens (tertiary/aromatic N) is 3. The molecule has 5 rings (SSSR count). The van der Waals surface area contributed by atoms with Crippen LogP contribution < -0.4 is 19.5 Å². The highest BCUT2D eigenvalue weighted by molar-refractivity contribution is 6.36. The van der Waals surface area contributed by atoms with E-state index < -0.39 is 23.1 Å². The molecular weight excluding hydrogens is 460 g/mol. The van der Waals surface area contributed by atoms with Crippen molar-refractivity contribution in [1.29, 1.82) is 0 Å². The molecule has 0 amide bonds. The fourth-order valence-electron chi connectivity index (χ4n) is 4.65. The third-order valence-electron chi connectivity index (χ3n) is 6.40. The zero-order chi connectivity index (χ0) is 24.0. The molecule has 2 aromatic heterocycles. The Kier molecular flexibility index (Phi) is 5.44. The monoisotopic (exact) mass is 482 g/mol. The largest absolute Gasteiger partial charge is 0.496 e. The maximum Gasteiger partial charge on any atom is 0.236 e. The van der Waals surface area contributed by atoms with Gasteiger partial charge in [0.05, 0.1) is 14.2 Å². The van der Waals surface area contributed by atoms with Crippen LogP contribution in [-0.2, 0) is 11.2 Å². The van der Waals surface area contributed by atoms with E-state index >= 15 is 0 Å². The average molecular weight is 483 g/mol. The SMILES string of the molecule is COc1cc(OC)c2c(c1Cl)O[C@@]1(C(=O)C=C(NCCc3nnc4ccccn34)C[C@H]1C)C2=O. The van der Waals surface area contributed by atoms with Crippen LogP contribution in [0.15, 0.2) is 42.2 Å². The number of aromatic nitrogens is 3. The van der Waals surface area contributed by atoms with E-state index in [0.717, 1.165) is 17.2 Å². The molecule has 2 atom stereocenters. The first-order valence-corrected chi connectivity index (χ1v) is 11.2. The summed E-state index contributed by atoms with van der Waals surface area (Å²) in [6, 6.07) is 7.24. The van der Waals surface area contributed by atoms with E-state index in [1.807, 2.05) is 35.7 Å². The number of benzene rings is 1. The first kappa shape index (κ1) is 22.2. The first-order valence-electron chi connectivity index (χ1n) is 10.9. The summed E-state index contributed by atoms with van der Waals surface area (Å²) in [4.78, 5) is 26.9. The summed E-state index contributed by atoms with van der Waals surface area (Å²) in [6.07, 6.45) is 4.42. The van der Waals surface area contributed by atoms with Gasteiger partial charge in [0.2, 0.25) is 17.2 Å². The number of allylic oxidation sites excluding steroid dienone is 1. The summed E-state index contributed by atoms with van der Waals surface area (Å²) in [5, 5.41) is 11.8. The van der Waals surface area contributed by atoms with E-state index in [2.05, 4.69) is 15.5 Å². The van der Waals surface area contributed by atoms with Crippen molar-refractivity contribution < 1.29 is 23.8 Å². The number of Topliss-reactive ketones (excluding diaryl/α,β-unsaturated/α-hetero) is 1. The Labute approximate surface area is 200 Å². The predicted octanol–water partition coefficient (Wildman–Crippen LogP) is 3.04. The lowest BCUT2D eigenvalue weighted by molar-refractivity contribution is -0.129. The van der Waals surface area contributed by atoms with Crippen molar-refractivity contribution in [2.24, 2.45) is 5.92 Å². The number of carbonyl (C=O) groups is 2. The molecule has 1 aromatic carbocycles. The van der Waals surface area contributed by atoms with Crippen LogP contribution in [0.4, 0.5) is 0 Å². The maximum atomic E-state index is 13.5. The molecule has 176 valence electrons. The van der Waals surface area contributed by atoms with E-state index in [1.165, 1.54) is 26.4 Å². The molecular formula is C24H23ClN4O5. The van der Waals surface area contributed by atoms with Crippen LogP contribution in [-0.4, -0.2) is 52.5 Å². The molecule has 0 radical (unpaired) electrons. The molecule has 0 bridgehead atoms. The van der Waals surface area contributed by atoms with Gasteiger partial charge in [-0.15, -0.1) is 10.2 Å². The highest BCUT2D eigenvalue weighted by Crippen LogP contribution is 2.52. The van der Waals surface area contributed by atoms with Crippen LogP contribution in [0.3, 0.4) is 0 Å². The lowest BCUT2D eigenvalue weighted by atomic mass is 9.74. The fraction of sp³-hybridized carbons (Fsp3) is 0.333. The third kappa shape index (κ3) is 3.22. The van der Waals surface area contributed by atoms with Crippen molar-refractivity contribution in [3.05, 3.63) is 58.6 Å². The number of nitrogens with one attached hydrogen (secondary N) is 1. The summed E-state index contributed by atoms with van der Waals surface area (Å²) in [7, 11) is 2.89. The Hall–Kier alpha value is -3.59. The van der Waals surface area contributed by atoms with Gasteiger partial charge in [-0.05, 0) is 18.6 Å². The van der Waals surface area contributed by atoms with E-state index in [9.17, 15) is 9.59 Å². The zero-order valence-corrected chi connectivity index (χ0v) is 19.7. The molecule has 1 spiro atoms. The first-order chi connectivity index (χ1) is 16.4. The summed E-state index contributed by atoms with van der Waals surface area (Å²) in [5.41, 5.74) is -0.000696. The van der Waals surface area contributed by atoms with Crippen LogP contribution in [0.1, 0.15) is 29.5 Å². The topological polar surface area (TPSA) is 104 Å². The molecule has 0 saturated heterocycles. The molecule has 9 nitrogen and oxygen atoms in total. The Bertz CT molecular complexity index is 1350. The number of pyridine rings is 1. The number of carbonyl (C=O) groups excluding carboxylic acids is 2. The molecule has 34 heavy (non-hydrogen) atoms. The fourth-order valence-corrected chi connectivity index (χ4v) is 4.91. The van der Waals surface area contributed by atoms with Crippen molar-refractivity contribution in [1.82, 2.24) is 19.9 Å². The van der Waals surface area contributed by atoms with E-state index in [1.54, 1.807) is 0 Å². The molecule has 2 aliphatic rings. The number of fused-ring (bicyclic) bond motifs is 2. The van der Waals surface area contributed by atoms with Crippen molar-refractivity contribution in [2.75, 3.05) is 20.8 Å². The maximum absolute atomic E-state index is 13.5. The summed E-state index contributed by atoms with van der Waals surface area (Å²) in [6.45, 7) is 2.38. The van der Waals surface area contributed by atoms with Crippen molar-refractivity contribution in [3.8, 4) is 17.2 Å². The van der Waals surface area contributed by atoms with Gasteiger partial charge >= 0.3 is 0 Å². The lowest BCUT2D eigenvalue weighted by Gasteiger charge is -2.35. The van der Waals surface area contributed by atoms with Crippen LogP contribution in [0.5, 0.6) is 17.2 Å². The molecule has 0 unspecified atom stereocenters. The molecule has 1 N–H and O–H groups in total. The van der Waals surface area contributed by atoms with Gasteiger partial charge in [0.1, 0.15) is 27.9 Å². The van der Waals surface area contributed by atoms with Crippen LogP contribution in [0.25, 0.3) is 5.65 Å². The number of hydrogen-bond acceptors (Lipinski definition) is 8.